The van der Waals surface area contributed by atoms with Crippen molar-refractivity contribution >= 4 is 11.6 Å². The lowest BCUT2D eigenvalue weighted by molar-refractivity contribution is -0.122. The van der Waals surface area contributed by atoms with Gasteiger partial charge in [0, 0.05) is 12.5 Å². The van der Waals surface area contributed by atoms with Crippen molar-refractivity contribution in [2.24, 2.45) is 5.41 Å². The third-order valence-corrected chi connectivity index (χ3v) is 4.25. The van der Waals surface area contributed by atoms with Crippen LogP contribution in [0.3, 0.4) is 0 Å². The van der Waals surface area contributed by atoms with Crippen molar-refractivity contribution < 1.29 is 19.0 Å². The molecule has 0 unspecified atom stereocenters. The van der Waals surface area contributed by atoms with E-state index in [-0.39, 0.29) is 11.3 Å². The Balaban J connectivity index is 1.74. The summed E-state index contributed by atoms with van der Waals surface area (Å²) < 4.78 is 18.0. The van der Waals surface area contributed by atoms with Crippen LogP contribution >= 0.6 is 0 Å². The van der Waals surface area contributed by atoms with Gasteiger partial charge < -0.3 is 19.5 Å². The smallest absolute Gasteiger partial charge is 0.231 e. The van der Waals surface area contributed by atoms with Crippen molar-refractivity contribution in [1.82, 2.24) is 25.1 Å². The summed E-state index contributed by atoms with van der Waals surface area (Å²) in [5.41, 5.74) is 1.22. The fraction of sp³-hybridized carbons (Fsp3) is 0.429. The molecular formula is C21H27N5O4. The highest BCUT2D eigenvalue weighted by Crippen LogP contribution is 2.32. The van der Waals surface area contributed by atoms with Gasteiger partial charge in [-0.15, -0.1) is 15.3 Å². The number of carbonyl (C=O) groups is 1. The second kappa shape index (κ2) is 8.98. The van der Waals surface area contributed by atoms with Crippen LogP contribution in [0.5, 0.6) is 17.4 Å². The maximum atomic E-state index is 11.9. The van der Waals surface area contributed by atoms with Crippen LogP contribution in [0.4, 0.5) is 0 Å². The van der Waals surface area contributed by atoms with Crippen LogP contribution < -0.4 is 19.5 Å². The summed E-state index contributed by atoms with van der Waals surface area (Å²) in [6.07, 6.45) is 0.462. The van der Waals surface area contributed by atoms with Crippen LogP contribution in [0.2, 0.25) is 0 Å². The predicted octanol–water partition coefficient (Wildman–Crippen LogP) is 2.74. The quantitative estimate of drug-likeness (QED) is 0.567. The minimum atomic E-state index is -0.0521. The van der Waals surface area contributed by atoms with E-state index >= 15 is 0 Å². The highest BCUT2D eigenvalue weighted by Gasteiger charge is 2.17. The summed E-state index contributed by atoms with van der Waals surface area (Å²) in [5, 5.41) is 15.7. The Hall–Kier alpha value is -3.36. The number of fused-ring (bicyclic) bond motifs is 1. The van der Waals surface area contributed by atoms with E-state index in [0.717, 1.165) is 0 Å². The molecule has 0 fully saturated rings. The van der Waals surface area contributed by atoms with Gasteiger partial charge in [-0.05, 0) is 29.7 Å². The molecule has 2 aromatic heterocycles. The first-order valence-electron chi connectivity index (χ1n) is 9.65. The summed E-state index contributed by atoms with van der Waals surface area (Å²) in [6, 6.07) is 8.91. The Labute approximate surface area is 175 Å². The number of benzene rings is 1. The molecule has 0 bridgehead atoms. The molecular weight excluding hydrogens is 386 g/mol. The maximum absolute atomic E-state index is 11.9. The van der Waals surface area contributed by atoms with Gasteiger partial charge in [-0.25, -0.2) is 0 Å². The average molecular weight is 413 g/mol. The monoisotopic (exact) mass is 413 g/mol. The van der Waals surface area contributed by atoms with E-state index in [1.165, 1.54) is 0 Å². The number of nitrogens with one attached hydrogen (secondary N) is 1. The molecule has 0 spiro atoms. The van der Waals surface area contributed by atoms with E-state index in [9.17, 15) is 4.79 Å². The average Bonchev–Trinajstić information content (AvgIpc) is 3.12. The Morgan fingerprint density at radius 2 is 1.90 bits per heavy atom. The first-order chi connectivity index (χ1) is 14.3. The van der Waals surface area contributed by atoms with Crippen LogP contribution in [0.25, 0.3) is 17.0 Å². The van der Waals surface area contributed by atoms with Crippen LogP contribution in [0.1, 0.15) is 27.2 Å². The van der Waals surface area contributed by atoms with Gasteiger partial charge >= 0.3 is 0 Å². The molecule has 0 aliphatic rings. The third-order valence-electron chi connectivity index (χ3n) is 4.25. The van der Waals surface area contributed by atoms with Crippen molar-refractivity contribution in [1.29, 1.82) is 0 Å². The first-order valence-corrected chi connectivity index (χ1v) is 9.65. The van der Waals surface area contributed by atoms with E-state index < -0.39 is 0 Å². The number of rotatable bonds is 8. The van der Waals surface area contributed by atoms with E-state index in [4.69, 9.17) is 14.2 Å². The van der Waals surface area contributed by atoms with Crippen LogP contribution in [0.15, 0.2) is 30.3 Å². The van der Waals surface area contributed by atoms with Gasteiger partial charge in [0.05, 0.1) is 26.3 Å². The SMILES string of the molecule is COc1ccc(OC)c(-c2nnc3ccc(OCCNC(=O)CC(C)(C)C)nn23)c1. The zero-order valence-electron chi connectivity index (χ0n) is 17.9. The fourth-order valence-electron chi connectivity index (χ4n) is 2.90. The Morgan fingerprint density at radius 1 is 1.10 bits per heavy atom. The standard InChI is InChI=1S/C21H27N5O4/c1-21(2,3)13-18(27)22-10-11-30-19-9-8-17-23-24-20(26(17)25-19)15-12-14(28-4)6-7-16(15)29-5/h6-9,12H,10-11,13H2,1-5H3,(H,22,27). The van der Waals surface area contributed by atoms with Gasteiger partial charge in [0.1, 0.15) is 18.1 Å². The van der Waals surface area contributed by atoms with Crippen LogP contribution in [0, 0.1) is 5.41 Å². The summed E-state index contributed by atoms with van der Waals surface area (Å²) in [7, 11) is 3.18. The highest BCUT2D eigenvalue weighted by atomic mass is 16.5. The molecule has 0 radical (unpaired) electrons. The van der Waals surface area contributed by atoms with Gasteiger partial charge in [0.25, 0.3) is 0 Å². The molecule has 1 amide bonds. The number of hydrogen-bond donors (Lipinski definition) is 1. The van der Waals surface area contributed by atoms with Crippen molar-refractivity contribution in [2.75, 3.05) is 27.4 Å². The molecule has 9 nitrogen and oxygen atoms in total. The molecule has 3 aromatic rings. The zero-order chi connectivity index (χ0) is 21.7. The number of methoxy groups -OCH3 is 2. The van der Waals surface area contributed by atoms with Gasteiger partial charge in [0.15, 0.2) is 11.5 Å². The molecule has 0 aliphatic carbocycles. The topological polar surface area (TPSA) is 99.9 Å². The number of amides is 1. The molecule has 160 valence electrons. The second-order valence-electron chi connectivity index (χ2n) is 7.97. The molecule has 1 N–H and O–H groups in total. The van der Waals surface area contributed by atoms with Crippen LogP contribution in [-0.4, -0.2) is 53.1 Å². The lowest BCUT2D eigenvalue weighted by atomic mass is 9.92. The number of ether oxygens (including phenoxy) is 3. The Bertz CT molecular complexity index is 1030. The molecule has 30 heavy (non-hydrogen) atoms. The molecule has 0 atom stereocenters. The van der Waals surface area contributed by atoms with E-state index in [0.29, 0.717) is 54.0 Å². The van der Waals surface area contributed by atoms with Crippen molar-refractivity contribution in [3.05, 3.63) is 30.3 Å². The number of nitrogens with zero attached hydrogens (tertiary/aromatic N) is 4. The normalized spacial score (nSPS) is 11.4. The van der Waals surface area contributed by atoms with Gasteiger partial charge in [-0.3, -0.25) is 4.79 Å². The Kier molecular flexibility index (Phi) is 6.39. The molecule has 2 heterocycles. The summed E-state index contributed by atoms with van der Waals surface area (Å²) in [4.78, 5) is 11.9. The summed E-state index contributed by atoms with van der Waals surface area (Å²) in [5.74, 6) is 2.20. The molecule has 0 saturated heterocycles. The van der Waals surface area contributed by atoms with Gasteiger partial charge in [-0.2, -0.15) is 4.52 Å². The largest absolute Gasteiger partial charge is 0.497 e. The molecule has 0 aliphatic heterocycles. The fourth-order valence-corrected chi connectivity index (χ4v) is 2.90. The lowest BCUT2D eigenvalue weighted by Crippen LogP contribution is -2.31. The minimum Gasteiger partial charge on any atom is -0.497 e. The van der Waals surface area contributed by atoms with E-state index in [1.807, 2.05) is 32.9 Å². The number of aromatic nitrogens is 4. The molecule has 1 aromatic carbocycles. The number of carbonyl (C=O) groups excluding carboxylic acids is 1. The number of hydrogen-bond acceptors (Lipinski definition) is 7. The third kappa shape index (κ3) is 5.16. The summed E-state index contributed by atoms with van der Waals surface area (Å²) >= 11 is 0. The Morgan fingerprint density at radius 3 is 2.60 bits per heavy atom. The van der Waals surface area contributed by atoms with Crippen molar-refractivity contribution in [2.45, 2.75) is 27.2 Å². The second-order valence-corrected chi connectivity index (χ2v) is 7.97. The molecule has 0 saturated carbocycles. The van der Waals surface area contributed by atoms with Crippen molar-refractivity contribution in [3.63, 3.8) is 0 Å². The van der Waals surface area contributed by atoms with Gasteiger partial charge in [-0.1, -0.05) is 20.8 Å². The highest BCUT2D eigenvalue weighted by molar-refractivity contribution is 5.76. The van der Waals surface area contributed by atoms with Gasteiger partial charge in [0.2, 0.25) is 11.8 Å². The zero-order valence-corrected chi connectivity index (χ0v) is 17.9. The maximum Gasteiger partial charge on any atom is 0.231 e. The van der Waals surface area contributed by atoms with E-state index in [2.05, 4.69) is 20.6 Å². The summed E-state index contributed by atoms with van der Waals surface area (Å²) in [6.45, 7) is 6.77. The van der Waals surface area contributed by atoms with E-state index in [1.54, 1.807) is 36.9 Å². The van der Waals surface area contributed by atoms with Crippen molar-refractivity contribution in [3.8, 4) is 28.8 Å². The minimum absolute atomic E-state index is 0.000673. The first kappa shape index (κ1) is 21.4. The molecule has 3 rings (SSSR count). The molecule has 9 heteroatoms. The predicted molar refractivity (Wildman–Crippen MR) is 112 cm³/mol. The lowest BCUT2D eigenvalue weighted by Gasteiger charge is -2.17. The van der Waals surface area contributed by atoms with Crippen LogP contribution in [-0.2, 0) is 4.79 Å².